The Morgan fingerprint density at radius 3 is 2.60 bits per heavy atom. The summed E-state index contributed by atoms with van der Waals surface area (Å²) in [7, 11) is 1.34. The van der Waals surface area contributed by atoms with Gasteiger partial charge in [0.15, 0.2) is 0 Å². The molecule has 2 aromatic carbocycles. The largest absolute Gasteiger partial charge is 0.465 e. The minimum atomic E-state index is -0.390. The zero-order valence-corrected chi connectivity index (χ0v) is 16.0. The molecule has 0 aromatic heterocycles. The highest BCUT2D eigenvalue weighted by Gasteiger charge is 2.04. The van der Waals surface area contributed by atoms with Gasteiger partial charge in [-0.1, -0.05) is 46.3 Å². The second-order valence-electron chi connectivity index (χ2n) is 4.99. The average Bonchev–Trinajstić information content (AvgIpc) is 2.63. The minimum absolute atomic E-state index is 0.167. The number of nitrogens with one attached hydrogen (secondary N) is 1. The van der Waals surface area contributed by atoms with Crippen molar-refractivity contribution in [2.45, 2.75) is 5.75 Å². The number of carbonyl (C=O) groups excluding carboxylic acids is 2. The topological polar surface area (TPSA) is 67.8 Å². The maximum atomic E-state index is 11.8. The normalized spacial score (nSPS) is 10.6. The van der Waals surface area contributed by atoms with Gasteiger partial charge in [-0.05, 0) is 29.3 Å². The van der Waals surface area contributed by atoms with E-state index >= 15 is 0 Å². The van der Waals surface area contributed by atoms with E-state index in [1.165, 1.54) is 25.1 Å². The third-order valence-electron chi connectivity index (χ3n) is 3.18. The maximum absolute atomic E-state index is 11.8. The molecule has 5 nitrogen and oxygen atoms in total. The number of halogens is 1. The summed E-state index contributed by atoms with van der Waals surface area (Å²) in [6.45, 7) is 0. The number of hydrogen-bond acceptors (Lipinski definition) is 5. The fraction of sp³-hybridized carbons (Fsp3) is 0.167. The van der Waals surface area contributed by atoms with E-state index in [2.05, 4.69) is 31.2 Å². The molecule has 1 N–H and O–H groups in total. The van der Waals surface area contributed by atoms with Crippen molar-refractivity contribution in [3.63, 3.8) is 0 Å². The third-order valence-corrected chi connectivity index (χ3v) is 4.94. The number of benzene rings is 2. The fourth-order valence-corrected chi connectivity index (χ4v) is 3.34. The first kappa shape index (κ1) is 19.2. The van der Waals surface area contributed by atoms with Crippen LogP contribution in [0.4, 0.5) is 0 Å². The molecule has 2 aromatic rings. The third kappa shape index (κ3) is 6.36. The lowest BCUT2D eigenvalue weighted by molar-refractivity contribution is -0.118. The summed E-state index contributed by atoms with van der Waals surface area (Å²) in [4.78, 5) is 23.1. The molecule has 25 heavy (non-hydrogen) atoms. The Morgan fingerprint density at radius 1 is 1.20 bits per heavy atom. The molecule has 0 fully saturated rings. The number of thioether (sulfide) groups is 1. The summed E-state index contributed by atoms with van der Waals surface area (Å²) in [5, 5.41) is 3.92. The molecule has 0 spiro atoms. The summed E-state index contributed by atoms with van der Waals surface area (Å²) < 4.78 is 5.67. The minimum Gasteiger partial charge on any atom is -0.465 e. The summed E-state index contributed by atoms with van der Waals surface area (Å²) >= 11 is 5.00. The molecule has 0 radical (unpaired) electrons. The van der Waals surface area contributed by atoms with Crippen LogP contribution in [0.1, 0.15) is 21.5 Å². The highest BCUT2D eigenvalue weighted by molar-refractivity contribution is 9.10. The quantitative estimate of drug-likeness (QED) is 0.421. The predicted molar refractivity (Wildman–Crippen MR) is 104 cm³/mol. The SMILES string of the molecule is COC(=O)c1ccc(/C=N/NC(=O)CSCc2ccccc2Br)cc1. The molecule has 2 rings (SSSR count). The highest BCUT2D eigenvalue weighted by Crippen LogP contribution is 2.21. The maximum Gasteiger partial charge on any atom is 0.337 e. The predicted octanol–water partition coefficient (Wildman–Crippen LogP) is 3.62. The number of hydrazone groups is 1. The van der Waals surface area contributed by atoms with Gasteiger partial charge in [0.2, 0.25) is 5.91 Å². The monoisotopic (exact) mass is 420 g/mol. The molecule has 0 aliphatic carbocycles. The Balaban J connectivity index is 1.75. The number of amides is 1. The van der Waals surface area contributed by atoms with Gasteiger partial charge in [0.05, 0.1) is 24.6 Å². The first-order valence-electron chi connectivity index (χ1n) is 7.41. The lowest BCUT2D eigenvalue weighted by Crippen LogP contribution is -2.19. The van der Waals surface area contributed by atoms with E-state index in [1.807, 2.05) is 24.3 Å². The van der Waals surface area contributed by atoms with Crippen LogP contribution in [0.5, 0.6) is 0 Å². The molecule has 0 heterocycles. The molecule has 0 aliphatic heterocycles. The van der Waals surface area contributed by atoms with Crippen molar-refractivity contribution in [1.29, 1.82) is 0 Å². The molecular weight excluding hydrogens is 404 g/mol. The summed E-state index contributed by atoms with van der Waals surface area (Å²) in [6.07, 6.45) is 1.53. The Labute approximate surface area is 159 Å². The van der Waals surface area contributed by atoms with Gasteiger partial charge in [-0.3, -0.25) is 4.79 Å². The molecule has 0 unspecified atom stereocenters. The van der Waals surface area contributed by atoms with Crippen molar-refractivity contribution < 1.29 is 14.3 Å². The zero-order valence-electron chi connectivity index (χ0n) is 13.6. The van der Waals surface area contributed by atoms with Crippen LogP contribution in [0.3, 0.4) is 0 Å². The van der Waals surface area contributed by atoms with Gasteiger partial charge in [0.25, 0.3) is 0 Å². The summed E-state index contributed by atoms with van der Waals surface area (Å²) in [5.41, 5.74) is 4.87. The average molecular weight is 421 g/mol. The first-order chi connectivity index (χ1) is 12.1. The number of rotatable bonds is 7. The Morgan fingerprint density at radius 2 is 1.92 bits per heavy atom. The van der Waals surface area contributed by atoms with Crippen LogP contribution in [-0.4, -0.2) is 31.0 Å². The lowest BCUT2D eigenvalue weighted by atomic mass is 10.1. The number of hydrogen-bond donors (Lipinski definition) is 1. The van der Waals surface area contributed by atoms with Crippen LogP contribution in [0.25, 0.3) is 0 Å². The highest BCUT2D eigenvalue weighted by atomic mass is 79.9. The van der Waals surface area contributed by atoms with Crippen molar-refractivity contribution in [3.05, 3.63) is 69.7 Å². The van der Waals surface area contributed by atoms with Crippen LogP contribution in [0.2, 0.25) is 0 Å². The molecule has 0 atom stereocenters. The zero-order chi connectivity index (χ0) is 18.1. The lowest BCUT2D eigenvalue weighted by Gasteiger charge is -2.03. The van der Waals surface area contributed by atoms with Crippen LogP contribution in [0.15, 0.2) is 58.1 Å². The van der Waals surface area contributed by atoms with Crippen LogP contribution in [0, 0.1) is 0 Å². The first-order valence-corrected chi connectivity index (χ1v) is 9.36. The molecule has 0 saturated heterocycles. The molecule has 0 bridgehead atoms. The number of nitrogens with zero attached hydrogens (tertiary/aromatic N) is 1. The Hall–Kier alpha value is -2.12. The van der Waals surface area contributed by atoms with E-state index in [9.17, 15) is 9.59 Å². The number of ether oxygens (including phenoxy) is 1. The Bertz CT molecular complexity index is 763. The summed E-state index contributed by atoms with van der Waals surface area (Å²) in [5.74, 6) is 0.506. The van der Waals surface area contributed by atoms with E-state index in [4.69, 9.17) is 0 Å². The van der Waals surface area contributed by atoms with Gasteiger partial charge < -0.3 is 4.74 Å². The van der Waals surface area contributed by atoms with Crippen molar-refractivity contribution in [3.8, 4) is 0 Å². The molecular formula is C18H17BrN2O3S. The van der Waals surface area contributed by atoms with Crippen molar-refractivity contribution >= 4 is 45.8 Å². The standard InChI is InChI=1S/C18H17BrN2O3S/c1-24-18(23)14-8-6-13(7-9-14)10-20-21-17(22)12-25-11-15-4-2-3-5-16(15)19/h2-10H,11-12H2,1H3,(H,21,22)/b20-10+. The number of methoxy groups -OCH3 is 1. The molecule has 7 heteroatoms. The van der Waals surface area contributed by atoms with Crippen molar-refractivity contribution in [2.75, 3.05) is 12.9 Å². The molecule has 130 valence electrons. The second-order valence-corrected chi connectivity index (χ2v) is 6.83. The van der Waals surface area contributed by atoms with Crippen LogP contribution in [-0.2, 0) is 15.3 Å². The van der Waals surface area contributed by atoms with Crippen LogP contribution >= 0.6 is 27.7 Å². The molecule has 0 saturated carbocycles. The number of carbonyl (C=O) groups is 2. The fourth-order valence-electron chi connectivity index (χ4n) is 1.90. The smallest absolute Gasteiger partial charge is 0.337 e. The van der Waals surface area contributed by atoms with Gasteiger partial charge in [-0.2, -0.15) is 5.10 Å². The second kappa shape index (κ2) is 10.0. The van der Waals surface area contributed by atoms with Gasteiger partial charge >= 0.3 is 5.97 Å². The van der Waals surface area contributed by atoms with Gasteiger partial charge in [0.1, 0.15) is 0 Å². The van der Waals surface area contributed by atoms with E-state index < -0.39 is 0 Å². The van der Waals surface area contributed by atoms with E-state index in [-0.39, 0.29) is 11.9 Å². The number of esters is 1. The Kier molecular flexibility index (Phi) is 7.69. The van der Waals surface area contributed by atoms with E-state index in [0.29, 0.717) is 11.3 Å². The van der Waals surface area contributed by atoms with Crippen molar-refractivity contribution in [2.24, 2.45) is 5.10 Å². The molecule has 0 aliphatic rings. The van der Waals surface area contributed by atoms with Crippen LogP contribution < -0.4 is 5.43 Å². The summed E-state index contributed by atoms with van der Waals surface area (Å²) in [6, 6.07) is 14.7. The van der Waals surface area contributed by atoms with Crippen molar-refractivity contribution in [1.82, 2.24) is 5.43 Å². The van der Waals surface area contributed by atoms with Gasteiger partial charge in [0, 0.05) is 10.2 Å². The van der Waals surface area contributed by atoms with Gasteiger partial charge in [-0.25, -0.2) is 10.2 Å². The van der Waals surface area contributed by atoms with E-state index in [0.717, 1.165) is 21.4 Å². The van der Waals surface area contributed by atoms with E-state index in [1.54, 1.807) is 24.3 Å². The molecule has 1 amide bonds. The van der Waals surface area contributed by atoms with Gasteiger partial charge in [-0.15, -0.1) is 11.8 Å².